The second-order valence-electron chi connectivity index (χ2n) is 4.48. The van der Waals surface area contributed by atoms with Gasteiger partial charge in [0.05, 0.1) is 12.2 Å². The Balaban J connectivity index is 2.30. The molecule has 3 nitrogen and oxygen atoms in total. The van der Waals surface area contributed by atoms with Crippen molar-refractivity contribution in [3.05, 3.63) is 16.0 Å². The predicted octanol–water partition coefficient (Wildman–Crippen LogP) is 3.02. The Morgan fingerprint density at radius 1 is 1.53 bits per heavy atom. The normalized spacial score (nSPS) is 18.8. The zero-order chi connectivity index (χ0) is 12.4. The zero-order valence-corrected chi connectivity index (χ0v) is 11.2. The Morgan fingerprint density at radius 3 is 2.94 bits per heavy atom. The van der Waals surface area contributed by atoms with Gasteiger partial charge in [0, 0.05) is 4.88 Å². The number of esters is 1. The molecule has 0 unspecified atom stereocenters. The molecule has 0 aromatic carbocycles. The molecular formula is C13H19NO2S. The highest BCUT2D eigenvalue weighted by atomic mass is 32.1. The lowest BCUT2D eigenvalue weighted by molar-refractivity contribution is 0.0526. The Kier molecular flexibility index (Phi) is 3.72. The molecule has 1 heterocycles. The average molecular weight is 253 g/mol. The lowest BCUT2D eigenvalue weighted by atomic mass is 9.86. The summed E-state index contributed by atoms with van der Waals surface area (Å²) in [5.74, 6) is 0.494. The van der Waals surface area contributed by atoms with Crippen molar-refractivity contribution in [3.8, 4) is 0 Å². The smallest absolute Gasteiger partial charge is 0.341 e. The fourth-order valence-corrected chi connectivity index (χ4v) is 3.67. The number of nitrogens with two attached hydrogens (primary N) is 1. The summed E-state index contributed by atoms with van der Waals surface area (Å²) in [5.41, 5.74) is 7.75. The van der Waals surface area contributed by atoms with Gasteiger partial charge in [-0.05, 0) is 37.7 Å². The minimum absolute atomic E-state index is 0.252. The molecule has 0 saturated carbocycles. The van der Waals surface area contributed by atoms with Crippen molar-refractivity contribution in [3.63, 3.8) is 0 Å². The first-order chi connectivity index (χ1) is 8.17. The Morgan fingerprint density at radius 2 is 2.29 bits per heavy atom. The third-order valence-corrected chi connectivity index (χ3v) is 4.53. The molecule has 94 valence electrons. The summed E-state index contributed by atoms with van der Waals surface area (Å²) in [6.45, 7) is 4.44. The third kappa shape index (κ3) is 2.32. The van der Waals surface area contributed by atoms with E-state index < -0.39 is 0 Å². The highest BCUT2D eigenvalue weighted by molar-refractivity contribution is 7.16. The van der Waals surface area contributed by atoms with Gasteiger partial charge >= 0.3 is 5.97 Å². The topological polar surface area (TPSA) is 52.3 Å². The molecule has 0 bridgehead atoms. The van der Waals surface area contributed by atoms with Crippen molar-refractivity contribution < 1.29 is 9.53 Å². The van der Waals surface area contributed by atoms with Crippen LogP contribution in [0.3, 0.4) is 0 Å². The van der Waals surface area contributed by atoms with Crippen LogP contribution in [0.15, 0.2) is 0 Å². The fourth-order valence-electron chi connectivity index (χ4n) is 2.45. The quantitative estimate of drug-likeness (QED) is 0.842. The molecule has 4 heteroatoms. The van der Waals surface area contributed by atoms with Crippen LogP contribution in [0.2, 0.25) is 0 Å². The second kappa shape index (κ2) is 5.08. The standard InChI is InChI=1S/C13H19NO2S/c1-3-8-5-6-9-10(7-8)17-12(14)11(9)13(15)16-4-2/h8H,3-7,14H2,1-2H3/t8-/m0/s1. The first-order valence-corrected chi connectivity index (χ1v) is 7.06. The first-order valence-electron chi connectivity index (χ1n) is 6.24. The van der Waals surface area contributed by atoms with E-state index in [-0.39, 0.29) is 5.97 Å². The van der Waals surface area contributed by atoms with Crippen molar-refractivity contribution >= 4 is 22.3 Å². The van der Waals surface area contributed by atoms with Gasteiger partial charge < -0.3 is 10.5 Å². The van der Waals surface area contributed by atoms with Crippen LogP contribution in [0.1, 0.15) is 47.5 Å². The highest BCUT2D eigenvalue weighted by Gasteiger charge is 2.27. The van der Waals surface area contributed by atoms with Crippen molar-refractivity contribution in [2.75, 3.05) is 12.3 Å². The van der Waals surface area contributed by atoms with Crippen LogP contribution in [0.4, 0.5) is 5.00 Å². The molecule has 2 N–H and O–H groups in total. The molecule has 0 aliphatic heterocycles. The number of anilines is 1. The second-order valence-corrected chi connectivity index (χ2v) is 5.62. The summed E-state index contributed by atoms with van der Waals surface area (Å²) >= 11 is 1.57. The van der Waals surface area contributed by atoms with Gasteiger partial charge in [-0.25, -0.2) is 4.79 Å². The molecule has 0 spiro atoms. The number of hydrogen-bond donors (Lipinski definition) is 1. The van der Waals surface area contributed by atoms with E-state index in [9.17, 15) is 4.79 Å². The molecule has 1 aromatic heterocycles. The molecule has 1 aliphatic rings. The molecule has 1 aromatic rings. The van der Waals surface area contributed by atoms with Crippen LogP contribution in [0, 0.1) is 5.92 Å². The van der Waals surface area contributed by atoms with E-state index in [4.69, 9.17) is 10.5 Å². The summed E-state index contributed by atoms with van der Waals surface area (Å²) in [6.07, 6.45) is 4.40. The number of thiophene rings is 1. The van der Waals surface area contributed by atoms with Crippen LogP contribution in [-0.4, -0.2) is 12.6 Å². The fraction of sp³-hybridized carbons (Fsp3) is 0.615. The van der Waals surface area contributed by atoms with E-state index in [1.165, 1.54) is 11.3 Å². The van der Waals surface area contributed by atoms with Crippen molar-refractivity contribution in [1.29, 1.82) is 0 Å². The number of hydrogen-bond acceptors (Lipinski definition) is 4. The minimum Gasteiger partial charge on any atom is -0.462 e. The molecule has 1 aliphatic carbocycles. The predicted molar refractivity (Wildman–Crippen MR) is 70.5 cm³/mol. The molecule has 0 saturated heterocycles. The molecule has 0 amide bonds. The molecule has 1 atom stereocenters. The number of ether oxygens (including phenoxy) is 1. The van der Waals surface area contributed by atoms with E-state index in [1.54, 1.807) is 11.3 Å². The number of carbonyl (C=O) groups excluding carboxylic acids is 1. The average Bonchev–Trinajstić information content (AvgIpc) is 2.64. The van der Waals surface area contributed by atoms with Gasteiger partial charge in [0.1, 0.15) is 5.00 Å². The van der Waals surface area contributed by atoms with Gasteiger partial charge in [-0.3, -0.25) is 0 Å². The molecule has 0 fully saturated rings. The van der Waals surface area contributed by atoms with E-state index in [0.29, 0.717) is 17.2 Å². The van der Waals surface area contributed by atoms with E-state index in [0.717, 1.165) is 30.7 Å². The van der Waals surface area contributed by atoms with Crippen LogP contribution in [0.5, 0.6) is 0 Å². The SMILES string of the molecule is CCOC(=O)c1c(N)sc2c1CC[C@H](CC)C2. The number of carbonyl (C=O) groups is 1. The van der Waals surface area contributed by atoms with Gasteiger partial charge in [0.2, 0.25) is 0 Å². The maximum atomic E-state index is 11.9. The van der Waals surface area contributed by atoms with Crippen molar-refractivity contribution in [1.82, 2.24) is 0 Å². The molecule has 17 heavy (non-hydrogen) atoms. The van der Waals surface area contributed by atoms with Crippen LogP contribution in [-0.2, 0) is 17.6 Å². The van der Waals surface area contributed by atoms with E-state index >= 15 is 0 Å². The van der Waals surface area contributed by atoms with Crippen molar-refractivity contribution in [2.45, 2.75) is 39.5 Å². The first kappa shape index (κ1) is 12.4. The maximum Gasteiger partial charge on any atom is 0.341 e. The number of nitrogen functional groups attached to an aromatic ring is 1. The van der Waals surface area contributed by atoms with Gasteiger partial charge in [-0.15, -0.1) is 11.3 Å². The largest absolute Gasteiger partial charge is 0.462 e. The zero-order valence-electron chi connectivity index (χ0n) is 10.4. The summed E-state index contributed by atoms with van der Waals surface area (Å²) in [5, 5.41) is 0.630. The lowest BCUT2D eigenvalue weighted by Crippen LogP contribution is -2.15. The third-order valence-electron chi connectivity index (χ3n) is 3.45. The molecular weight excluding hydrogens is 234 g/mol. The summed E-state index contributed by atoms with van der Waals surface area (Å²) < 4.78 is 5.07. The van der Waals surface area contributed by atoms with Gasteiger partial charge in [-0.2, -0.15) is 0 Å². The Hall–Kier alpha value is -1.03. The molecule has 2 rings (SSSR count). The van der Waals surface area contributed by atoms with E-state index in [1.807, 2.05) is 6.92 Å². The number of fused-ring (bicyclic) bond motifs is 1. The van der Waals surface area contributed by atoms with Gasteiger partial charge in [0.15, 0.2) is 0 Å². The van der Waals surface area contributed by atoms with Gasteiger partial charge in [0.25, 0.3) is 0 Å². The summed E-state index contributed by atoms with van der Waals surface area (Å²) in [7, 11) is 0. The van der Waals surface area contributed by atoms with Crippen LogP contribution < -0.4 is 5.73 Å². The molecule has 0 radical (unpaired) electrons. The van der Waals surface area contributed by atoms with Crippen LogP contribution in [0.25, 0.3) is 0 Å². The van der Waals surface area contributed by atoms with Gasteiger partial charge in [-0.1, -0.05) is 13.3 Å². The minimum atomic E-state index is -0.252. The van der Waals surface area contributed by atoms with E-state index in [2.05, 4.69) is 6.92 Å². The monoisotopic (exact) mass is 253 g/mol. The summed E-state index contributed by atoms with van der Waals surface area (Å²) in [4.78, 5) is 13.1. The Labute approximate surface area is 106 Å². The highest BCUT2D eigenvalue weighted by Crippen LogP contribution is 2.39. The number of rotatable bonds is 3. The van der Waals surface area contributed by atoms with Crippen LogP contribution >= 0.6 is 11.3 Å². The maximum absolute atomic E-state index is 11.9. The summed E-state index contributed by atoms with van der Waals surface area (Å²) in [6, 6.07) is 0. The Bertz CT molecular complexity index is 425. The lowest BCUT2D eigenvalue weighted by Gasteiger charge is -2.20. The van der Waals surface area contributed by atoms with Crippen molar-refractivity contribution in [2.24, 2.45) is 5.92 Å².